The molecule has 1 amide bonds. The van der Waals surface area contributed by atoms with Crippen LogP contribution < -0.4 is 14.8 Å². The van der Waals surface area contributed by atoms with E-state index in [0.717, 1.165) is 30.2 Å². The highest BCUT2D eigenvalue weighted by atomic mass is 32.2. The monoisotopic (exact) mass is 428 g/mol. The van der Waals surface area contributed by atoms with Gasteiger partial charge in [0, 0.05) is 30.6 Å². The fraction of sp³-hybridized carbons (Fsp3) is 0.500. The molecule has 160 valence electrons. The Morgan fingerprint density at radius 1 is 1.17 bits per heavy atom. The lowest BCUT2D eigenvalue weighted by atomic mass is 9.89. The number of amides is 1. The van der Waals surface area contributed by atoms with Crippen molar-refractivity contribution < 1.29 is 14.3 Å². The molecule has 0 radical (unpaired) electrons. The molecule has 0 saturated heterocycles. The van der Waals surface area contributed by atoms with Crippen LogP contribution in [0, 0.1) is 0 Å². The summed E-state index contributed by atoms with van der Waals surface area (Å²) in [6.45, 7) is 5.78. The summed E-state index contributed by atoms with van der Waals surface area (Å²) >= 11 is 1.40. The number of rotatable bonds is 7. The first-order chi connectivity index (χ1) is 14.7. The number of fused-ring (bicyclic) bond motifs is 1. The van der Waals surface area contributed by atoms with Gasteiger partial charge < -0.3 is 19.4 Å². The molecule has 1 aromatic heterocycles. The van der Waals surface area contributed by atoms with Crippen LogP contribution in [0.3, 0.4) is 0 Å². The van der Waals surface area contributed by atoms with Gasteiger partial charge in [0.15, 0.2) is 16.7 Å². The Morgan fingerprint density at radius 3 is 2.77 bits per heavy atom. The summed E-state index contributed by atoms with van der Waals surface area (Å²) in [5.74, 6) is 3.03. The summed E-state index contributed by atoms with van der Waals surface area (Å²) in [6, 6.07) is 5.47. The Bertz CT molecular complexity index is 893. The van der Waals surface area contributed by atoms with Gasteiger partial charge in [-0.2, -0.15) is 0 Å². The van der Waals surface area contributed by atoms with Crippen LogP contribution in [-0.2, 0) is 11.3 Å². The second-order valence-electron chi connectivity index (χ2n) is 7.62. The van der Waals surface area contributed by atoms with Crippen molar-refractivity contribution in [1.82, 2.24) is 14.8 Å². The molecule has 1 aromatic carbocycles. The first kappa shape index (κ1) is 20.8. The molecule has 0 bridgehead atoms. The molecule has 1 aliphatic carbocycles. The van der Waals surface area contributed by atoms with Gasteiger partial charge in [-0.25, -0.2) is 0 Å². The number of carbonyl (C=O) groups is 1. The summed E-state index contributed by atoms with van der Waals surface area (Å²) in [5, 5.41) is 12.5. The fourth-order valence-electron chi connectivity index (χ4n) is 3.94. The predicted octanol–water partition coefficient (Wildman–Crippen LogP) is 4.40. The number of anilines is 1. The molecule has 0 spiro atoms. The van der Waals surface area contributed by atoms with E-state index in [1.807, 2.05) is 24.3 Å². The molecule has 2 aromatic rings. The average Bonchev–Trinajstić information content (AvgIpc) is 3.01. The van der Waals surface area contributed by atoms with Crippen molar-refractivity contribution in [3.05, 3.63) is 36.7 Å². The van der Waals surface area contributed by atoms with Gasteiger partial charge in [-0.1, -0.05) is 37.1 Å². The van der Waals surface area contributed by atoms with E-state index in [1.165, 1.54) is 31.0 Å². The van der Waals surface area contributed by atoms with E-state index < -0.39 is 0 Å². The van der Waals surface area contributed by atoms with Gasteiger partial charge >= 0.3 is 0 Å². The maximum Gasteiger partial charge on any atom is 0.234 e. The number of aromatic nitrogens is 3. The number of nitrogens with zero attached hydrogens (tertiary/aromatic N) is 3. The number of nitrogens with one attached hydrogen (secondary N) is 1. The molecule has 2 heterocycles. The number of ether oxygens (including phenoxy) is 2. The number of thioether (sulfide) groups is 1. The van der Waals surface area contributed by atoms with Crippen LogP contribution in [0.4, 0.5) is 5.69 Å². The van der Waals surface area contributed by atoms with E-state index >= 15 is 0 Å². The highest BCUT2D eigenvalue weighted by Crippen LogP contribution is 2.34. The van der Waals surface area contributed by atoms with Gasteiger partial charge in [0.2, 0.25) is 5.91 Å². The molecule has 0 atom stereocenters. The van der Waals surface area contributed by atoms with E-state index in [0.29, 0.717) is 42.9 Å². The normalized spacial score (nSPS) is 16.7. The summed E-state index contributed by atoms with van der Waals surface area (Å²) in [5.41, 5.74) is 0.695. The molecule has 1 saturated carbocycles. The first-order valence-electron chi connectivity index (χ1n) is 10.6. The minimum absolute atomic E-state index is 0.0955. The number of benzene rings is 1. The molecule has 7 nitrogen and oxygen atoms in total. The van der Waals surface area contributed by atoms with Gasteiger partial charge in [-0.05, 0) is 25.0 Å². The molecule has 1 fully saturated rings. The number of hydrogen-bond donors (Lipinski definition) is 1. The van der Waals surface area contributed by atoms with Gasteiger partial charge in [0.05, 0.1) is 19.0 Å². The maximum atomic E-state index is 12.5. The Morgan fingerprint density at radius 2 is 1.97 bits per heavy atom. The van der Waals surface area contributed by atoms with Gasteiger partial charge in [0.25, 0.3) is 0 Å². The summed E-state index contributed by atoms with van der Waals surface area (Å²) < 4.78 is 13.4. The van der Waals surface area contributed by atoms with E-state index in [-0.39, 0.29) is 11.7 Å². The smallest absolute Gasteiger partial charge is 0.234 e. The Kier molecular flexibility index (Phi) is 6.94. The summed E-state index contributed by atoms with van der Waals surface area (Å²) in [6.07, 6.45) is 8.81. The molecule has 1 aliphatic heterocycles. The number of hydrogen-bond acceptors (Lipinski definition) is 6. The second kappa shape index (κ2) is 10.0. The third-order valence-electron chi connectivity index (χ3n) is 5.39. The molecule has 8 heteroatoms. The average molecular weight is 429 g/mol. The standard InChI is InChI=1S/C22H28N4O3S/c1-2-11-26-21(16-7-4-3-5-8-16)24-25-22(26)30-15-20(27)23-17-9-10-18-19(14-17)29-13-6-12-28-18/h2,9-10,14,16H,1,3-8,11-13,15H2,(H,23,27). The molecule has 0 unspecified atom stereocenters. The third-order valence-corrected chi connectivity index (χ3v) is 6.36. The van der Waals surface area contributed by atoms with E-state index in [9.17, 15) is 4.79 Å². The quantitative estimate of drug-likeness (QED) is 0.520. The van der Waals surface area contributed by atoms with Crippen LogP contribution in [0.15, 0.2) is 36.0 Å². The van der Waals surface area contributed by atoms with Crippen molar-refractivity contribution >= 4 is 23.4 Å². The van der Waals surface area contributed by atoms with Crippen molar-refractivity contribution in [3.63, 3.8) is 0 Å². The van der Waals surface area contributed by atoms with Crippen molar-refractivity contribution in [2.75, 3.05) is 24.3 Å². The van der Waals surface area contributed by atoms with Crippen LogP contribution in [0.25, 0.3) is 0 Å². The Balaban J connectivity index is 1.38. The molecule has 1 N–H and O–H groups in total. The summed E-state index contributed by atoms with van der Waals surface area (Å²) in [4.78, 5) is 12.5. The Labute approximate surface area is 181 Å². The van der Waals surface area contributed by atoms with Gasteiger partial charge in [-0.3, -0.25) is 4.79 Å². The zero-order valence-electron chi connectivity index (χ0n) is 17.1. The molecule has 4 rings (SSSR count). The van der Waals surface area contributed by atoms with Crippen LogP contribution in [0.2, 0.25) is 0 Å². The highest BCUT2D eigenvalue weighted by Gasteiger charge is 2.23. The highest BCUT2D eigenvalue weighted by molar-refractivity contribution is 7.99. The lowest BCUT2D eigenvalue weighted by Gasteiger charge is -2.21. The van der Waals surface area contributed by atoms with Crippen molar-refractivity contribution in [1.29, 1.82) is 0 Å². The predicted molar refractivity (Wildman–Crippen MR) is 117 cm³/mol. The van der Waals surface area contributed by atoms with Crippen molar-refractivity contribution in [3.8, 4) is 11.5 Å². The van der Waals surface area contributed by atoms with E-state index in [4.69, 9.17) is 9.47 Å². The third kappa shape index (κ3) is 4.98. The topological polar surface area (TPSA) is 78.3 Å². The molecule has 2 aliphatic rings. The zero-order valence-corrected chi connectivity index (χ0v) is 18.0. The van der Waals surface area contributed by atoms with Crippen LogP contribution in [-0.4, -0.2) is 39.6 Å². The van der Waals surface area contributed by atoms with Crippen LogP contribution in [0.1, 0.15) is 50.3 Å². The SMILES string of the molecule is C=CCn1c(SCC(=O)Nc2ccc3c(c2)OCCCO3)nnc1C1CCCCC1. The molecular weight excluding hydrogens is 400 g/mol. The second-order valence-corrected chi connectivity index (χ2v) is 8.57. The lowest BCUT2D eigenvalue weighted by Crippen LogP contribution is -2.15. The molecular formula is C22H28N4O3S. The van der Waals surface area contributed by atoms with Crippen molar-refractivity contribution in [2.24, 2.45) is 0 Å². The lowest BCUT2D eigenvalue weighted by molar-refractivity contribution is -0.113. The van der Waals surface area contributed by atoms with Crippen molar-refractivity contribution in [2.45, 2.75) is 56.1 Å². The molecule has 30 heavy (non-hydrogen) atoms. The number of carbonyl (C=O) groups excluding carboxylic acids is 1. The number of allylic oxidation sites excluding steroid dienone is 1. The van der Waals surface area contributed by atoms with E-state index in [1.54, 1.807) is 0 Å². The zero-order chi connectivity index (χ0) is 20.8. The Hall–Kier alpha value is -2.48. The minimum atomic E-state index is -0.0955. The van der Waals surface area contributed by atoms with Crippen LogP contribution >= 0.6 is 11.8 Å². The van der Waals surface area contributed by atoms with Gasteiger partial charge in [-0.15, -0.1) is 16.8 Å². The largest absolute Gasteiger partial charge is 0.490 e. The maximum absolute atomic E-state index is 12.5. The fourth-order valence-corrected chi connectivity index (χ4v) is 4.69. The summed E-state index contributed by atoms with van der Waals surface area (Å²) in [7, 11) is 0. The van der Waals surface area contributed by atoms with Gasteiger partial charge in [0.1, 0.15) is 5.82 Å². The van der Waals surface area contributed by atoms with Crippen LogP contribution in [0.5, 0.6) is 11.5 Å². The minimum Gasteiger partial charge on any atom is -0.490 e. The van der Waals surface area contributed by atoms with E-state index in [2.05, 4.69) is 26.7 Å². The first-order valence-corrected chi connectivity index (χ1v) is 11.6.